The van der Waals surface area contributed by atoms with Crippen molar-refractivity contribution in [1.29, 1.82) is 0 Å². The zero-order valence-corrected chi connectivity index (χ0v) is 16.8. The van der Waals surface area contributed by atoms with Gasteiger partial charge in [0.15, 0.2) is 0 Å². The van der Waals surface area contributed by atoms with E-state index in [0.29, 0.717) is 0 Å². The van der Waals surface area contributed by atoms with Gasteiger partial charge in [-0.25, -0.2) is 9.59 Å². The maximum Gasteiger partial charge on any atom is 0.408 e. The summed E-state index contributed by atoms with van der Waals surface area (Å²) in [6.07, 6.45) is 0.868. The van der Waals surface area contributed by atoms with Gasteiger partial charge >= 0.3 is 12.1 Å². The zero-order chi connectivity index (χ0) is 21.9. The minimum Gasteiger partial charge on any atom is -0.480 e. The molecule has 0 aromatic heterocycles. The fourth-order valence-electron chi connectivity index (χ4n) is 2.77. The van der Waals surface area contributed by atoms with Crippen LogP contribution in [0.5, 0.6) is 0 Å². The third kappa shape index (κ3) is 7.09. The summed E-state index contributed by atoms with van der Waals surface area (Å²) >= 11 is 0. The molecule has 0 aliphatic rings. The number of hydrogen-bond donors (Lipinski definition) is 3. The van der Waals surface area contributed by atoms with Gasteiger partial charge in [0, 0.05) is 12.3 Å². The molecule has 2 amide bonds. The Bertz CT molecular complexity index is 854. The van der Waals surface area contributed by atoms with Gasteiger partial charge in [0.25, 0.3) is 0 Å². The molecule has 0 bridgehead atoms. The summed E-state index contributed by atoms with van der Waals surface area (Å²) in [7, 11) is 0. The zero-order valence-electron chi connectivity index (χ0n) is 16.8. The lowest BCUT2D eigenvalue weighted by atomic mass is 10.0. The van der Waals surface area contributed by atoms with Crippen LogP contribution in [0, 0.1) is 5.92 Å². The number of carbonyl (C=O) groups is 3. The first kappa shape index (κ1) is 22.7. The van der Waals surface area contributed by atoms with Gasteiger partial charge in [0.05, 0.1) is 0 Å². The van der Waals surface area contributed by atoms with Crippen molar-refractivity contribution in [2.45, 2.75) is 32.0 Å². The monoisotopic (exact) mass is 410 g/mol. The quantitative estimate of drug-likeness (QED) is 0.523. The van der Waals surface area contributed by atoms with Gasteiger partial charge in [-0.3, -0.25) is 4.79 Å². The van der Waals surface area contributed by atoms with E-state index in [0.717, 1.165) is 11.1 Å². The molecule has 0 aliphatic heterocycles. The Morgan fingerprint density at radius 2 is 1.57 bits per heavy atom. The van der Waals surface area contributed by atoms with Gasteiger partial charge in [-0.1, -0.05) is 73.7 Å². The molecule has 30 heavy (non-hydrogen) atoms. The second kappa shape index (κ2) is 11.4. The van der Waals surface area contributed by atoms with Crippen molar-refractivity contribution in [2.75, 3.05) is 0 Å². The molecule has 0 fully saturated rings. The van der Waals surface area contributed by atoms with E-state index in [9.17, 15) is 19.5 Å². The molecule has 0 radical (unpaired) electrons. The van der Waals surface area contributed by atoms with E-state index in [-0.39, 0.29) is 13.0 Å². The molecule has 0 heterocycles. The first-order chi connectivity index (χ1) is 14.4. The normalized spacial score (nSPS) is 13.4. The van der Waals surface area contributed by atoms with Crippen LogP contribution >= 0.6 is 0 Å². The molecule has 2 unspecified atom stereocenters. The first-order valence-corrected chi connectivity index (χ1v) is 9.57. The Morgan fingerprint density at radius 3 is 2.10 bits per heavy atom. The van der Waals surface area contributed by atoms with E-state index in [1.165, 1.54) is 6.08 Å². The highest BCUT2D eigenvalue weighted by Gasteiger charge is 2.29. The molecule has 0 saturated carbocycles. The third-order valence-electron chi connectivity index (χ3n) is 4.57. The number of nitrogens with one attached hydrogen (secondary N) is 2. The molecule has 0 spiro atoms. The molecule has 158 valence electrons. The average Bonchev–Trinajstić information content (AvgIpc) is 2.76. The van der Waals surface area contributed by atoms with Crippen molar-refractivity contribution in [3.63, 3.8) is 0 Å². The van der Waals surface area contributed by atoms with E-state index in [1.807, 2.05) is 60.7 Å². The largest absolute Gasteiger partial charge is 0.480 e. The maximum atomic E-state index is 12.8. The summed E-state index contributed by atoms with van der Waals surface area (Å²) in [6, 6.07) is 16.1. The minimum atomic E-state index is -1.18. The van der Waals surface area contributed by atoms with E-state index >= 15 is 0 Å². The van der Waals surface area contributed by atoms with E-state index < -0.39 is 36.0 Å². The van der Waals surface area contributed by atoms with Crippen LogP contribution in [-0.4, -0.2) is 35.2 Å². The Labute approximate surface area is 175 Å². The molecule has 2 rings (SSSR count). The summed E-state index contributed by atoms with van der Waals surface area (Å²) in [5, 5.41) is 14.4. The molecule has 2 aromatic carbocycles. The fourth-order valence-corrected chi connectivity index (χ4v) is 2.77. The summed E-state index contributed by atoms with van der Waals surface area (Å²) in [6.45, 7) is 5.27. The van der Waals surface area contributed by atoms with Gasteiger partial charge in [-0.05, 0) is 11.1 Å². The second-order valence-corrected chi connectivity index (χ2v) is 6.87. The predicted octanol–water partition coefficient (Wildman–Crippen LogP) is 2.92. The minimum absolute atomic E-state index is 0.0532. The van der Waals surface area contributed by atoms with Gasteiger partial charge in [0.1, 0.15) is 18.7 Å². The molecule has 3 atom stereocenters. The van der Waals surface area contributed by atoms with E-state index in [1.54, 1.807) is 6.92 Å². The number of aliphatic carboxylic acids is 1. The number of alkyl carbamates (subject to hydrolysis) is 1. The first-order valence-electron chi connectivity index (χ1n) is 9.57. The van der Waals surface area contributed by atoms with Crippen LogP contribution in [0.25, 0.3) is 0 Å². The molecule has 7 nitrogen and oxygen atoms in total. The Morgan fingerprint density at radius 1 is 1.00 bits per heavy atom. The van der Waals surface area contributed by atoms with Crippen LogP contribution in [0.4, 0.5) is 4.79 Å². The average molecular weight is 410 g/mol. The van der Waals surface area contributed by atoms with Crippen molar-refractivity contribution >= 4 is 18.0 Å². The lowest BCUT2D eigenvalue weighted by molar-refractivity contribution is -0.143. The number of ether oxygens (including phenoxy) is 1. The second-order valence-electron chi connectivity index (χ2n) is 6.87. The van der Waals surface area contributed by atoms with Crippen LogP contribution in [0.15, 0.2) is 73.3 Å². The van der Waals surface area contributed by atoms with Crippen molar-refractivity contribution in [1.82, 2.24) is 10.6 Å². The third-order valence-corrected chi connectivity index (χ3v) is 4.57. The Hall–Kier alpha value is -3.61. The summed E-state index contributed by atoms with van der Waals surface area (Å²) in [5.74, 6) is -2.29. The lowest BCUT2D eigenvalue weighted by Gasteiger charge is -2.23. The Balaban J connectivity index is 2.08. The van der Waals surface area contributed by atoms with E-state index in [2.05, 4.69) is 17.2 Å². The summed E-state index contributed by atoms with van der Waals surface area (Å²) < 4.78 is 5.20. The van der Waals surface area contributed by atoms with Crippen LogP contribution in [0.1, 0.15) is 18.1 Å². The highest BCUT2D eigenvalue weighted by Crippen LogP contribution is 2.08. The molecule has 7 heteroatoms. The number of rotatable bonds is 10. The molecular weight excluding hydrogens is 384 g/mol. The van der Waals surface area contributed by atoms with Crippen LogP contribution in [0.3, 0.4) is 0 Å². The van der Waals surface area contributed by atoms with Crippen molar-refractivity contribution < 1.29 is 24.2 Å². The highest BCUT2D eigenvalue weighted by molar-refractivity contribution is 5.89. The highest BCUT2D eigenvalue weighted by atomic mass is 16.5. The van der Waals surface area contributed by atoms with Gasteiger partial charge in [0.2, 0.25) is 5.91 Å². The number of amides is 2. The summed E-state index contributed by atoms with van der Waals surface area (Å²) in [5.41, 5.74) is 1.62. The number of carbonyl (C=O) groups excluding carboxylic acids is 2. The molecular formula is C23H26N2O5. The maximum absolute atomic E-state index is 12.8. The molecule has 3 N–H and O–H groups in total. The van der Waals surface area contributed by atoms with Crippen molar-refractivity contribution in [3.8, 4) is 0 Å². The fraction of sp³-hybridized carbons (Fsp3) is 0.261. The molecule has 2 aromatic rings. The standard InChI is InChI=1S/C23H26N2O5/c1-3-16(2)20(22(27)28)25-21(26)19(14-17-10-6-4-7-11-17)24-23(29)30-15-18-12-8-5-9-13-18/h3-13,16,19-20H,1,14-15H2,2H3,(H,24,29)(H,25,26)(H,27,28)/t16?,19-,20?/m0/s1. The molecule has 0 saturated heterocycles. The smallest absolute Gasteiger partial charge is 0.408 e. The van der Waals surface area contributed by atoms with Crippen LogP contribution in [-0.2, 0) is 27.4 Å². The predicted molar refractivity (Wildman–Crippen MR) is 113 cm³/mol. The number of carboxylic acid groups (broad SMARTS) is 1. The van der Waals surface area contributed by atoms with Crippen LogP contribution < -0.4 is 10.6 Å². The van der Waals surface area contributed by atoms with Gasteiger partial charge in [-0.2, -0.15) is 0 Å². The topological polar surface area (TPSA) is 105 Å². The van der Waals surface area contributed by atoms with Crippen LogP contribution in [0.2, 0.25) is 0 Å². The number of benzene rings is 2. The van der Waals surface area contributed by atoms with Gasteiger partial charge < -0.3 is 20.5 Å². The number of hydrogen-bond acceptors (Lipinski definition) is 4. The van der Waals surface area contributed by atoms with Gasteiger partial charge in [-0.15, -0.1) is 6.58 Å². The Kier molecular flexibility index (Phi) is 8.62. The van der Waals surface area contributed by atoms with Crippen molar-refractivity contribution in [3.05, 3.63) is 84.4 Å². The summed E-state index contributed by atoms with van der Waals surface area (Å²) in [4.78, 5) is 36.6. The lowest BCUT2D eigenvalue weighted by Crippen LogP contribution is -2.54. The van der Waals surface area contributed by atoms with E-state index in [4.69, 9.17) is 4.74 Å². The SMILES string of the molecule is C=CC(C)C(NC(=O)[C@H](Cc1ccccc1)NC(=O)OCc1ccccc1)C(=O)O. The van der Waals surface area contributed by atoms with Crippen molar-refractivity contribution in [2.24, 2.45) is 5.92 Å². The number of carboxylic acids is 1. The molecule has 0 aliphatic carbocycles.